The van der Waals surface area contributed by atoms with Crippen molar-refractivity contribution in [1.29, 1.82) is 0 Å². The molecule has 2 aliphatic rings. The fourth-order valence-corrected chi connectivity index (χ4v) is 11.9. The Bertz CT molecular complexity index is 1440. The van der Waals surface area contributed by atoms with E-state index >= 15 is 0 Å². The molecule has 2 aliphatic carbocycles. The summed E-state index contributed by atoms with van der Waals surface area (Å²) >= 11 is -1.41. The normalized spacial score (nSPS) is 14.6. The fourth-order valence-electron chi connectivity index (χ4n) is 5.48. The maximum Gasteiger partial charge on any atom is -1.00 e. The Labute approximate surface area is 237 Å². The molecule has 177 valence electrons. The molecule has 1 unspecified atom stereocenters. The first-order valence-corrected chi connectivity index (χ1v) is 15.9. The van der Waals surface area contributed by atoms with Gasteiger partial charge >= 0.3 is 214 Å². The molecule has 0 N–H and O–H groups in total. The molecule has 0 aliphatic heterocycles. The van der Waals surface area contributed by atoms with Gasteiger partial charge in [0.1, 0.15) is 0 Å². The predicted octanol–water partition coefficient (Wildman–Crippen LogP) is 2.08. The average molecular weight is 673 g/mol. The summed E-state index contributed by atoms with van der Waals surface area (Å²) in [5.74, 6) is 0. The first-order valence-electron chi connectivity index (χ1n) is 12.1. The third-order valence-corrected chi connectivity index (χ3v) is 13.4. The molecule has 4 aromatic rings. The summed E-state index contributed by atoms with van der Waals surface area (Å²) in [6.45, 7) is 4.54. The SMILES string of the molecule is Cc1ccc2c(c1)[CH]([Hf+2]=[C](c1ccccc1)c1ccccc1)c1c-2ccc(C)c1C1=CC=CC1.[Cl-].[Cl-]. The van der Waals surface area contributed by atoms with Crippen LogP contribution in [0.3, 0.4) is 0 Å². The van der Waals surface area contributed by atoms with Crippen molar-refractivity contribution in [2.24, 2.45) is 0 Å². The summed E-state index contributed by atoms with van der Waals surface area (Å²) in [7, 11) is 0. The van der Waals surface area contributed by atoms with Crippen LogP contribution in [0.2, 0.25) is 0 Å². The Morgan fingerprint density at radius 1 is 0.750 bits per heavy atom. The molecular formula is C33H27Cl2Hf. The molecule has 0 spiro atoms. The largest absolute Gasteiger partial charge is 1.00 e. The van der Waals surface area contributed by atoms with Crippen molar-refractivity contribution in [3.63, 3.8) is 0 Å². The van der Waals surface area contributed by atoms with E-state index in [4.69, 9.17) is 0 Å². The monoisotopic (exact) mass is 673 g/mol. The van der Waals surface area contributed by atoms with Gasteiger partial charge in [-0.3, -0.25) is 0 Å². The van der Waals surface area contributed by atoms with Gasteiger partial charge in [0.15, 0.2) is 0 Å². The van der Waals surface area contributed by atoms with Gasteiger partial charge in [-0.05, 0) is 0 Å². The number of fused-ring (bicyclic) bond motifs is 3. The number of rotatable bonds is 4. The molecule has 6 rings (SSSR count). The van der Waals surface area contributed by atoms with Crippen molar-refractivity contribution in [3.05, 3.63) is 148 Å². The van der Waals surface area contributed by atoms with Gasteiger partial charge in [-0.25, -0.2) is 0 Å². The van der Waals surface area contributed by atoms with Crippen LogP contribution < -0.4 is 24.8 Å². The molecule has 0 nitrogen and oxygen atoms in total. The number of hydrogen-bond acceptors (Lipinski definition) is 0. The molecule has 1 atom stereocenters. The molecule has 4 aromatic carbocycles. The van der Waals surface area contributed by atoms with Gasteiger partial charge < -0.3 is 24.8 Å². The maximum absolute atomic E-state index is 2.47. The van der Waals surface area contributed by atoms with Gasteiger partial charge in [-0.15, -0.1) is 0 Å². The standard InChI is InChI=1S/C20H17.C13H10.2ClH.Hf/c1-13-7-9-17-16(11-13)12-19-18(17)10-8-14(2)20(19)15-5-3-4-6-15;1-3-7-12(8-4-1)11-13-9-5-2-6-10-13;;;/h3-5,7-12H,6H2,1-2H3;1-10H;2*1H;/q;;;;+2/p-2. The smallest absolute Gasteiger partial charge is 1.00 e. The van der Waals surface area contributed by atoms with Crippen molar-refractivity contribution >= 4 is 8.83 Å². The van der Waals surface area contributed by atoms with Gasteiger partial charge in [0.2, 0.25) is 0 Å². The molecule has 3 heteroatoms. The molecule has 0 saturated carbocycles. The van der Waals surface area contributed by atoms with E-state index in [9.17, 15) is 0 Å². The van der Waals surface area contributed by atoms with Crippen LogP contribution in [0, 0.1) is 13.8 Å². The maximum atomic E-state index is 2.47. The van der Waals surface area contributed by atoms with Gasteiger partial charge in [-0.1, -0.05) is 0 Å². The molecular weight excluding hydrogens is 646 g/mol. The third kappa shape index (κ3) is 4.82. The van der Waals surface area contributed by atoms with Crippen molar-refractivity contribution in [2.45, 2.75) is 23.9 Å². The van der Waals surface area contributed by atoms with E-state index in [1.165, 1.54) is 44.5 Å². The minimum Gasteiger partial charge on any atom is -1.00 e. The van der Waals surface area contributed by atoms with Crippen LogP contribution in [-0.4, -0.2) is 3.26 Å². The van der Waals surface area contributed by atoms with E-state index in [1.54, 1.807) is 14.4 Å². The van der Waals surface area contributed by atoms with Crippen molar-refractivity contribution < 1.29 is 47.2 Å². The third-order valence-electron chi connectivity index (χ3n) is 7.06. The zero-order valence-electron chi connectivity index (χ0n) is 20.4. The first kappa shape index (κ1) is 26.7. The van der Waals surface area contributed by atoms with E-state index in [2.05, 4.69) is 123 Å². The quantitative estimate of drug-likeness (QED) is 0.292. The van der Waals surface area contributed by atoms with Gasteiger partial charge in [0, 0.05) is 0 Å². The van der Waals surface area contributed by atoms with Gasteiger partial charge in [-0.2, -0.15) is 0 Å². The van der Waals surface area contributed by atoms with Crippen LogP contribution in [0.4, 0.5) is 0 Å². The van der Waals surface area contributed by atoms with Gasteiger partial charge in [0.25, 0.3) is 0 Å². The van der Waals surface area contributed by atoms with E-state index in [0.717, 1.165) is 6.42 Å². The average Bonchev–Trinajstić information content (AvgIpc) is 3.50. The van der Waals surface area contributed by atoms with Gasteiger partial charge in [0.05, 0.1) is 0 Å². The second kappa shape index (κ2) is 11.4. The second-order valence-corrected chi connectivity index (χ2v) is 14.2. The van der Waals surface area contributed by atoms with E-state index < -0.39 is 22.4 Å². The summed E-state index contributed by atoms with van der Waals surface area (Å²) < 4.78 is 2.13. The number of allylic oxidation sites excluding steroid dienone is 4. The molecule has 0 saturated heterocycles. The number of halogens is 2. The zero-order valence-corrected chi connectivity index (χ0v) is 25.5. The van der Waals surface area contributed by atoms with Crippen molar-refractivity contribution in [1.82, 2.24) is 0 Å². The molecule has 0 radical (unpaired) electrons. The molecule has 36 heavy (non-hydrogen) atoms. The fraction of sp³-hybridized carbons (Fsp3) is 0.121. The molecule has 0 bridgehead atoms. The Hall–Kier alpha value is -2.32. The number of hydrogen-bond donors (Lipinski definition) is 0. The van der Waals surface area contributed by atoms with Crippen molar-refractivity contribution in [2.75, 3.05) is 0 Å². The summed E-state index contributed by atoms with van der Waals surface area (Å²) in [5, 5.41) is 0. The topological polar surface area (TPSA) is 0 Å². The predicted molar refractivity (Wildman–Crippen MR) is 141 cm³/mol. The van der Waals surface area contributed by atoms with Crippen molar-refractivity contribution in [3.8, 4) is 11.1 Å². The van der Waals surface area contributed by atoms with Crippen LogP contribution in [-0.2, 0) is 22.4 Å². The minimum absolute atomic E-state index is 0. The second-order valence-electron chi connectivity index (χ2n) is 9.32. The van der Waals surface area contributed by atoms with E-state index in [1.807, 2.05) is 0 Å². The summed E-state index contributed by atoms with van der Waals surface area (Å²) in [5.41, 5.74) is 14.6. The first-order chi connectivity index (χ1) is 16.7. The summed E-state index contributed by atoms with van der Waals surface area (Å²) in [6, 6.07) is 34.1. The molecule has 0 amide bonds. The van der Waals surface area contributed by atoms with E-state index in [0.29, 0.717) is 3.67 Å². The van der Waals surface area contributed by atoms with Crippen LogP contribution in [0.25, 0.3) is 16.7 Å². The van der Waals surface area contributed by atoms with Crippen LogP contribution in [0.1, 0.15) is 49.0 Å². The van der Waals surface area contributed by atoms with Crippen LogP contribution in [0.5, 0.6) is 0 Å². The van der Waals surface area contributed by atoms with E-state index in [-0.39, 0.29) is 24.8 Å². The summed E-state index contributed by atoms with van der Waals surface area (Å²) in [4.78, 5) is 0. The molecule has 0 heterocycles. The number of benzene rings is 4. The zero-order chi connectivity index (χ0) is 23.1. The Morgan fingerprint density at radius 2 is 1.39 bits per heavy atom. The number of aryl methyl sites for hydroxylation is 2. The Morgan fingerprint density at radius 3 is 2.00 bits per heavy atom. The molecule has 0 aromatic heterocycles. The summed E-state index contributed by atoms with van der Waals surface area (Å²) in [6.07, 6.45) is 7.90. The van der Waals surface area contributed by atoms with Crippen LogP contribution >= 0.6 is 0 Å². The Kier molecular flexibility index (Phi) is 8.45. The Balaban J connectivity index is 0.00000152. The minimum atomic E-state index is -1.41. The van der Waals surface area contributed by atoms with Crippen LogP contribution in [0.15, 0.2) is 109 Å². The molecule has 0 fully saturated rings.